The highest BCUT2D eigenvalue weighted by Gasteiger charge is 2.62. The number of alkyl carbamates (subject to hydrolysis) is 1. The minimum Gasteiger partial charge on any atom is -0.462 e. The SMILES string of the molecule is C=CC1CC1(NC(=O)[C@@H]1C[C@@H](OC(=O)Nc2sc3c(c2C(=O)OCC)CCCC3)CN1C(=O)[C@@H](NC(=O)OC(C)(C)C)C(C)(C)C)C(=O)NS(=O)(=O)C1CC1. The summed E-state index contributed by atoms with van der Waals surface area (Å²) >= 11 is 1.27. The van der Waals surface area contributed by atoms with Crippen LogP contribution in [0.25, 0.3) is 0 Å². The molecule has 55 heavy (non-hydrogen) atoms. The molecule has 18 heteroatoms. The van der Waals surface area contributed by atoms with Gasteiger partial charge in [0.2, 0.25) is 21.8 Å². The first-order valence-electron chi connectivity index (χ1n) is 18.7. The zero-order valence-corrected chi connectivity index (χ0v) is 34.1. The summed E-state index contributed by atoms with van der Waals surface area (Å²) in [7, 11) is -3.95. The highest BCUT2D eigenvalue weighted by atomic mass is 32.2. The van der Waals surface area contributed by atoms with Crippen molar-refractivity contribution in [1.29, 1.82) is 0 Å². The van der Waals surface area contributed by atoms with E-state index in [4.69, 9.17) is 14.2 Å². The fourth-order valence-corrected chi connectivity index (χ4v) is 9.61. The lowest BCUT2D eigenvalue weighted by Crippen LogP contribution is -2.60. The topological polar surface area (TPSA) is 216 Å². The van der Waals surface area contributed by atoms with Crippen molar-refractivity contribution in [2.75, 3.05) is 18.5 Å². The number of nitrogens with zero attached hydrogens (tertiary/aromatic N) is 1. The van der Waals surface area contributed by atoms with Gasteiger partial charge in [0.05, 0.1) is 24.0 Å². The summed E-state index contributed by atoms with van der Waals surface area (Å²) in [6.45, 7) is 15.5. The largest absolute Gasteiger partial charge is 0.462 e. The van der Waals surface area contributed by atoms with Crippen molar-refractivity contribution in [2.45, 2.75) is 134 Å². The normalized spacial score (nSPS) is 24.1. The van der Waals surface area contributed by atoms with E-state index in [2.05, 4.69) is 27.3 Å². The van der Waals surface area contributed by atoms with Crippen molar-refractivity contribution in [3.05, 3.63) is 28.7 Å². The first kappa shape index (κ1) is 42.0. The molecular formula is C37H53N5O11S2. The predicted molar refractivity (Wildman–Crippen MR) is 203 cm³/mol. The van der Waals surface area contributed by atoms with Crippen molar-refractivity contribution >= 4 is 62.2 Å². The molecule has 3 aliphatic carbocycles. The van der Waals surface area contributed by atoms with Gasteiger partial charge in [-0.15, -0.1) is 17.9 Å². The van der Waals surface area contributed by atoms with Crippen LogP contribution in [0.1, 0.15) is 108 Å². The summed E-state index contributed by atoms with van der Waals surface area (Å²) in [5.41, 5.74) is -2.28. The molecule has 1 aromatic rings. The van der Waals surface area contributed by atoms with Crippen LogP contribution in [-0.4, -0.2) is 96.9 Å². The number of sulfonamides is 1. The molecule has 5 atom stereocenters. The molecule has 4 aliphatic rings. The van der Waals surface area contributed by atoms with Crippen LogP contribution in [0.5, 0.6) is 0 Å². The lowest BCUT2D eigenvalue weighted by molar-refractivity contribution is -0.143. The van der Waals surface area contributed by atoms with Gasteiger partial charge in [-0.3, -0.25) is 24.4 Å². The molecule has 0 radical (unpaired) electrons. The Morgan fingerprint density at radius 2 is 1.71 bits per heavy atom. The number of thiophene rings is 1. The first-order chi connectivity index (χ1) is 25.6. The number of esters is 1. The van der Waals surface area contributed by atoms with E-state index in [0.29, 0.717) is 19.3 Å². The summed E-state index contributed by atoms with van der Waals surface area (Å²) in [6.07, 6.45) is 2.61. The van der Waals surface area contributed by atoms with E-state index in [0.717, 1.165) is 29.7 Å². The maximum atomic E-state index is 14.4. The number of rotatable bonds is 12. The Labute approximate surface area is 325 Å². The molecule has 5 rings (SSSR count). The Kier molecular flexibility index (Phi) is 12.0. The van der Waals surface area contributed by atoms with Crippen molar-refractivity contribution in [2.24, 2.45) is 11.3 Å². The molecule has 4 N–H and O–H groups in total. The van der Waals surface area contributed by atoms with Crippen LogP contribution in [0.15, 0.2) is 12.7 Å². The van der Waals surface area contributed by atoms with Gasteiger partial charge in [0, 0.05) is 17.2 Å². The number of nitrogens with one attached hydrogen (secondary N) is 4. The number of likely N-dealkylation sites (tertiary alicyclic amines) is 1. The number of carbonyl (C=O) groups excluding carboxylic acids is 6. The third kappa shape index (κ3) is 9.62. The Morgan fingerprint density at radius 1 is 1.04 bits per heavy atom. The first-order valence-corrected chi connectivity index (χ1v) is 21.1. The van der Waals surface area contributed by atoms with E-state index in [-0.39, 0.29) is 36.6 Å². The Bertz CT molecular complexity index is 1840. The fourth-order valence-electron chi connectivity index (χ4n) is 6.98. The van der Waals surface area contributed by atoms with Crippen LogP contribution < -0.4 is 20.7 Å². The minimum absolute atomic E-state index is 0.0790. The number of aryl methyl sites for hydroxylation is 1. The average molecular weight is 808 g/mol. The highest BCUT2D eigenvalue weighted by molar-refractivity contribution is 7.91. The average Bonchev–Trinajstić information content (AvgIpc) is 3.97. The molecule has 0 bridgehead atoms. The zero-order chi connectivity index (χ0) is 40.7. The molecule has 0 spiro atoms. The lowest BCUT2D eigenvalue weighted by atomic mass is 9.85. The fraction of sp³-hybridized carbons (Fsp3) is 0.676. The van der Waals surface area contributed by atoms with E-state index >= 15 is 0 Å². The number of carbonyl (C=O) groups is 6. The maximum absolute atomic E-state index is 14.4. The smallest absolute Gasteiger partial charge is 0.412 e. The van der Waals surface area contributed by atoms with Gasteiger partial charge >= 0.3 is 18.2 Å². The van der Waals surface area contributed by atoms with Crippen molar-refractivity contribution < 1.29 is 51.4 Å². The summed E-state index contributed by atoms with van der Waals surface area (Å²) in [4.78, 5) is 83.6. The molecule has 3 fully saturated rings. The third-order valence-electron chi connectivity index (χ3n) is 10.0. The molecule has 1 aromatic heterocycles. The standard InChI is InChI=1S/C37H53N5O11S2/c1-9-20-18-37(20,32(46)41-55(49,50)22-15-16-22)40-28(43)24-17-21(19-42(24)30(44)27(35(3,4)5)38-34(48)53-36(6,7)8)52-33(47)39-29-26(31(45)51-10-2)23-13-11-12-14-25(23)54-29/h9,20-22,24,27H,1,10-19H2,2-8H3,(H,38,48)(H,39,47)(H,40,43)(H,41,46)/t20?,21-,24+,27-,37?/m1/s1. The number of hydrogen-bond acceptors (Lipinski definition) is 12. The maximum Gasteiger partial charge on any atom is 0.412 e. The minimum atomic E-state index is -3.95. The molecule has 1 saturated heterocycles. The number of ether oxygens (including phenoxy) is 3. The van der Waals surface area contributed by atoms with Crippen LogP contribution in [-0.2, 0) is 51.5 Å². The molecule has 1 aliphatic heterocycles. The van der Waals surface area contributed by atoms with Crippen LogP contribution in [0.4, 0.5) is 14.6 Å². The monoisotopic (exact) mass is 807 g/mol. The van der Waals surface area contributed by atoms with Gasteiger partial charge in [-0.2, -0.15) is 0 Å². The quantitative estimate of drug-likeness (QED) is 0.135. The summed E-state index contributed by atoms with van der Waals surface area (Å²) in [5, 5.41) is 7.62. The Morgan fingerprint density at radius 3 is 2.29 bits per heavy atom. The second-order valence-electron chi connectivity index (χ2n) is 16.7. The van der Waals surface area contributed by atoms with Crippen molar-refractivity contribution in [3.8, 4) is 0 Å². The van der Waals surface area contributed by atoms with E-state index in [1.165, 1.54) is 22.3 Å². The third-order valence-corrected chi connectivity index (χ3v) is 13.0. The summed E-state index contributed by atoms with van der Waals surface area (Å²) in [6, 6.07) is -2.52. The molecule has 5 amide bonds. The molecule has 2 heterocycles. The number of hydrogen-bond donors (Lipinski definition) is 4. The number of anilines is 1. The molecule has 16 nitrogen and oxygen atoms in total. The van der Waals surface area contributed by atoms with E-state index in [1.54, 1.807) is 48.5 Å². The van der Waals surface area contributed by atoms with Crippen LogP contribution >= 0.6 is 11.3 Å². The van der Waals surface area contributed by atoms with Gasteiger partial charge in [-0.1, -0.05) is 26.8 Å². The molecule has 0 aromatic carbocycles. The molecular weight excluding hydrogens is 755 g/mol. The van der Waals surface area contributed by atoms with Gasteiger partial charge in [0.25, 0.3) is 5.91 Å². The van der Waals surface area contributed by atoms with Gasteiger partial charge in [-0.05, 0) is 83.6 Å². The molecule has 304 valence electrons. The number of fused-ring (bicyclic) bond motifs is 1. The lowest BCUT2D eigenvalue weighted by Gasteiger charge is -2.36. The van der Waals surface area contributed by atoms with Gasteiger partial charge < -0.3 is 29.7 Å². The summed E-state index contributed by atoms with van der Waals surface area (Å²) in [5.74, 6) is -3.51. The van der Waals surface area contributed by atoms with Gasteiger partial charge in [0.15, 0.2) is 0 Å². The van der Waals surface area contributed by atoms with Crippen LogP contribution in [0, 0.1) is 11.3 Å². The molecule has 2 unspecified atom stereocenters. The van der Waals surface area contributed by atoms with E-state index in [1.807, 2.05) is 0 Å². The van der Waals surface area contributed by atoms with Crippen molar-refractivity contribution in [1.82, 2.24) is 20.3 Å². The highest BCUT2D eigenvalue weighted by Crippen LogP contribution is 2.46. The molecule has 2 saturated carbocycles. The van der Waals surface area contributed by atoms with Crippen LogP contribution in [0.2, 0.25) is 0 Å². The summed E-state index contributed by atoms with van der Waals surface area (Å²) < 4.78 is 44.0. The van der Waals surface area contributed by atoms with Gasteiger partial charge in [-0.25, -0.2) is 22.8 Å². The zero-order valence-electron chi connectivity index (χ0n) is 32.5. The van der Waals surface area contributed by atoms with E-state index in [9.17, 15) is 37.2 Å². The van der Waals surface area contributed by atoms with Crippen LogP contribution in [0.3, 0.4) is 0 Å². The Balaban J connectivity index is 1.40. The second kappa shape index (κ2) is 15.7. The van der Waals surface area contributed by atoms with Gasteiger partial charge in [0.1, 0.15) is 34.3 Å². The Hall–Kier alpha value is -4.19. The van der Waals surface area contributed by atoms with Crippen molar-refractivity contribution in [3.63, 3.8) is 0 Å². The van der Waals surface area contributed by atoms with E-state index < -0.39 is 91.8 Å². The predicted octanol–water partition coefficient (Wildman–Crippen LogP) is 3.93. The second-order valence-corrected chi connectivity index (χ2v) is 19.7. The number of amides is 5.